The number of carbonyl (C=O) groups is 1. The Morgan fingerprint density at radius 2 is 2.56 bits per heavy atom. The Morgan fingerprint density at radius 1 is 1.78 bits per heavy atom. The zero-order valence-corrected chi connectivity index (χ0v) is 5.05. The van der Waals surface area contributed by atoms with Gasteiger partial charge in [0.2, 0.25) is 5.91 Å². The molecule has 3 N–H and O–H groups in total. The number of amides is 1. The normalized spacial score (nSPS) is 26.3. The summed E-state index contributed by atoms with van der Waals surface area (Å²) < 4.78 is 0. The van der Waals surface area contributed by atoms with Crippen molar-refractivity contribution in [1.29, 1.82) is 0 Å². The van der Waals surface area contributed by atoms with Gasteiger partial charge in [-0.3, -0.25) is 10.2 Å². The summed E-state index contributed by atoms with van der Waals surface area (Å²) in [5, 5.41) is 8.44. The number of rotatable bonds is 2. The van der Waals surface area contributed by atoms with Crippen LogP contribution in [-0.2, 0) is 4.79 Å². The predicted molar refractivity (Wildman–Crippen MR) is 31.3 cm³/mol. The van der Waals surface area contributed by atoms with Crippen LogP contribution in [0.2, 0.25) is 0 Å². The minimum Gasteiger partial charge on any atom is -0.396 e. The summed E-state index contributed by atoms with van der Waals surface area (Å²) in [7, 11) is 0. The minimum atomic E-state index is -0.0324. The van der Waals surface area contributed by atoms with E-state index >= 15 is 0 Å². The Morgan fingerprint density at radius 3 is 3.00 bits per heavy atom. The highest BCUT2D eigenvalue weighted by atomic mass is 16.3. The van der Waals surface area contributed by atoms with E-state index in [2.05, 4.69) is 10.9 Å². The van der Waals surface area contributed by atoms with E-state index in [1.54, 1.807) is 0 Å². The molecule has 0 spiro atoms. The van der Waals surface area contributed by atoms with Crippen molar-refractivity contribution in [2.24, 2.45) is 5.92 Å². The van der Waals surface area contributed by atoms with E-state index in [4.69, 9.17) is 5.11 Å². The molecule has 0 bridgehead atoms. The second-order valence-electron chi connectivity index (χ2n) is 2.08. The molecule has 4 heteroatoms. The van der Waals surface area contributed by atoms with Crippen LogP contribution in [0.25, 0.3) is 0 Å². The molecule has 1 saturated heterocycles. The van der Waals surface area contributed by atoms with Gasteiger partial charge in [-0.1, -0.05) is 0 Å². The van der Waals surface area contributed by atoms with Crippen LogP contribution in [0.15, 0.2) is 0 Å². The second-order valence-corrected chi connectivity index (χ2v) is 2.08. The van der Waals surface area contributed by atoms with Crippen molar-refractivity contribution < 1.29 is 9.90 Å². The Hall–Kier alpha value is -0.610. The molecule has 9 heavy (non-hydrogen) atoms. The van der Waals surface area contributed by atoms with Crippen molar-refractivity contribution in [3.8, 4) is 0 Å². The van der Waals surface area contributed by atoms with Crippen molar-refractivity contribution in [3.63, 3.8) is 0 Å². The van der Waals surface area contributed by atoms with Crippen LogP contribution in [-0.4, -0.2) is 24.2 Å². The van der Waals surface area contributed by atoms with Gasteiger partial charge in [-0.15, -0.1) is 0 Å². The van der Waals surface area contributed by atoms with Crippen LogP contribution in [0.3, 0.4) is 0 Å². The predicted octanol–water partition coefficient (Wildman–Crippen LogP) is -1.38. The summed E-state index contributed by atoms with van der Waals surface area (Å²) >= 11 is 0. The Balaban J connectivity index is 2.31. The van der Waals surface area contributed by atoms with Gasteiger partial charge in [-0.05, 0) is 6.42 Å². The van der Waals surface area contributed by atoms with Crippen molar-refractivity contribution in [1.82, 2.24) is 10.9 Å². The molecule has 0 aliphatic carbocycles. The minimum absolute atomic E-state index is 0.0101. The molecule has 0 aromatic heterocycles. The van der Waals surface area contributed by atoms with E-state index in [9.17, 15) is 4.79 Å². The van der Waals surface area contributed by atoms with E-state index in [1.165, 1.54) is 0 Å². The molecule has 1 amide bonds. The molecule has 1 unspecified atom stereocenters. The van der Waals surface area contributed by atoms with Crippen LogP contribution in [0, 0.1) is 5.92 Å². The summed E-state index contributed by atoms with van der Waals surface area (Å²) in [5.74, 6) is -0.0425. The highest BCUT2D eigenvalue weighted by molar-refractivity contribution is 5.80. The monoisotopic (exact) mass is 130 g/mol. The molecule has 1 heterocycles. The van der Waals surface area contributed by atoms with E-state index in [1.807, 2.05) is 0 Å². The molecule has 1 aliphatic rings. The molecule has 0 aromatic rings. The van der Waals surface area contributed by atoms with E-state index in [0.717, 1.165) is 0 Å². The highest BCUT2D eigenvalue weighted by Gasteiger charge is 2.22. The molecule has 1 rings (SSSR count). The van der Waals surface area contributed by atoms with E-state index in [-0.39, 0.29) is 18.4 Å². The van der Waals surface area contributed by atoms with Crippen LogP contribution >= 0.6 is 0 Å². The average molecular weight is 130 g/mol. The smallest absolute Gasteiger partial charge is 0.238 e. The first-order valence-electron chi connectivity index (χ1n) is 2.98. The van der Waals surface area contributed by atoms with Crippen LogP contribution < -0.4 is 10.9 Å². The topological polar surface area (TPSA) is 61.4 Å². The maximum absolute atomic E-state index is 10.7. The van der Waals surface area contributed by atoms with Gasteiger partial charge in [0.1, 0.15) is 0 Å². The third-order valence-corrected chi connectivity index (χ3v) is 1.41. The third-order valence-electron chi connectivity index (χ3n) is 1.41. The Bertz CT molecular complexity index is 116. The number of hydrogen-bond donors (Lipinski definition) is 3. The lowest BCUT2D eigenvalue weighted by atomic mass is 10.1. The van der Waals surface area contributed by atoms with Gasteiger partial charge in [0.15, 0.2) is 0 Å². The second kappa shape index (κ2) is 2.80. The largest absolute Gasteiger partial charge is 0.396 e. The molecule has 0 aromatic carbocycles. The van der Waals surface area contributed by atoms with E-state index in [0.29, 0.717) is 13.0 Å². The van der Waals surface area contributed by atoms with Crippen molar-refractivity contribution in [2.45, 2.75) is 6.42 Å². The molecular formula is C5H10N2O2. The molecular weight excluding hydrogens is 120 g/mol. The zero-order chi connectivity index (χ0) is 6.69. The summed E-state index contributed by atoms with van der Waals surface area (Å²) in [6, 6.07) is 0. The molecule has 1 aliphatic heterocycles. The van der Waals surface area contributed by atoms with Gasteiger partial charge in [-0.2, -0.15) is 0 Å². The first-order chi connectivity index (χ1) is 4.34. The maximum atomic E-state index is 10.7. The number of hydrazine groups is 1. The van der Waals surface area contributed by atoms with E-state index < -0.39 is 0 Å². The van der Waals surface area contributed by atoms with Crippen LogP contribution in [0.1, 0.15) is 6.42 Å². The van der Waals surface area contributed by atoms with Gasteiger partial charge >= 0.3 is 0 Å². The fourth-order valence-corrected chi connectivity index (χ4v) is 0.845. The lowest BCUT2D eigenvalue weighted by Crippen LogP contribution is -2.26. The molecule has 1 atom stereocenters. The van der Waals surface area contributed by atoms with Gasteiger partial charge in [0, 0.05) is 13.2 Å². The van der Waals surface area contributed by atoms with Crippen molar-refractivity contribution in [2.75, 3.05) is 13.2 Å². The van der Waals surface area contributed by atoms with Crippen molar-refractivity contribution >= 4 is 5.91 Å². The van der Waals surface area contributed by atoms with Gasteiger partial charge in [0.05, 0.1) is 5.92 Å². The third kappa shape index (κ3) is 1.40. The van der Waals surface area contributed by atoms with Crippen LogP contribution in [0.4, 0.5) is 0 Å². The van der Waals surface area contributed by atoms with Crippen LogP contribution in [0.5, 0.6) is 0 Å². The van der Waals surface area contributed by atoms with Crippen molar-refractivity contribution in [3.05, 3.63) is 0 Å². The zero-order valence-electron chi connectivity index (χ0n) is 5.05. The number of nitrogens with one attached hydrogen (secondary N) is 2. The van der Waals surface area contributed by atoms with Gasteiger partial charge < -0.3 is 5.11 Å². The molecule has 52 valence electrons. The SMILES string of the molecule is O=C1NNCC1CCO. The fraction of sp³-hybridized carbons (Fsp3) is 0.800. The number of carbonyl (C=O) groups excluding carboxylic acids is 1. The summed E-state index contributed by atoms with van der Waals surface area (Å²) in [5.41, 5.74) is 5.15. The standard InChI is InChI=1S/C5H10N2O2/c8-2-1-4-3-6-7-5(4)9/h4,6,8H,1-3H2,(H,7,9). The molecule has 4 nitrogen and oxygen atoms in total. The lowest BCUT2D eigenvalue weighted by molar-refractivity contribution is -0.122. The highest BCUT2D eigenvalue weighted by Crippen LogP contribution is 2.03. The fourth-order valence-electron chi connectivity index (χ4n) is 0.845. The van der Waals surface area contributed by atoms with Gasteiger partial charge in [0.25, 0.3) is 0 Å². The lowest BCUT2D eigenvalue weighted by Gasteiger charge is -1.99. The molecule has 1 fully saturated rings. The first kappa shape index (κ1) is 6.51. The number of hydrogen-bond acceptors (Lipinski definition) is 3. The van der Waals surface area contributed by atoms with Gasteiger partial charge in [-0.25, -0.2) is 5.43 Å². The molecule has 0 saturated carbocycles. The Labute approximate surface area is 53.2 Å². The summed E-state index contributed by atoms with van der Waals surface area (Å²) in [6.07, 6.45) is 0.554. The number of aliphatic hydroxyl groups excluding tert-OH is 1. The summed E-state index contributed by atoms with van der Waals surface area (Å²) in [6.45, 7) is 0.721. The number of aliphatic hydroxyl groups is 1. The Kier molecular flexibility index (Phi) is 2.02. The quantitative estimate of drug-likeness (QED) is 0.431. The summed E-state index contributed by atoms with van der Waals surface area (Å²) in [4.78, 5) is 10.7. The maximum Gasteiger partial charge on any atom is 0.238 e. The molecule has 0 radical (unpaired) electrons. The average Bonchev–Trinajstić information content (AvgIpc) is 2.18. The first-order valence-corrected chi connectivity index (χ1v) is 2.98.